The van der Waals surface area contributed by atoms with Gasteiger partial charge in [0.15, 0.2) is 6.29 Å². The molecule has 0 saturated heterocycles. The molecule has 0 unspecified atom stereocenters. The van der Waals surface area contributed by atoms with Crippen molar-refractivity contribution in [3.63, 3.8) is 0 Å². The first-order valence-electron chi connectivity index (χ1n) is 7.91. The predicted octanol–water partition coefficient (Wildman–Crippen LogP) is 5.84. The van der Waals surface area contributed by atoms with Crippen LogP contribution >= 0.6 is 0 Å². The fourth-order valence-corrected chi connectivity index (χ4v) is 3.26. The molecule has 2 aliphatic rings. The molecule has 0 atom stereocenters. The van der Waals surface area contributed by atoms with Gasteiger partial charge in [0.1, 0.15) is 11.5 Å². The summed E-state index contributed by atoms with van der Waals surface area (Å²) < 4.78 is 6.20. The van der Waals surface area contributed by atoms with Crippen molar-refractivity contribution < 1.29 is 9.21 Å². The van der Waals surface area contributed by atoms with E-state index in [-0.39, 0.29) is 0 Å². The molecule has 2 nitrogen and oxygen atoms in total. The van der Waals surface area contributed by atoms with E-state index in [1.54, 1.807) is 0 Å². The lowest BCUT2D eigenvalue weighted by Gasteiger charge is -2.16. The average Bonchev–Trinajstić information content (AvgIpc) is 3.06. The second kappa shape index (κ2) is 5.82. The third-order valence-electron chi connectivity index (χ3n) is 4.32. The molecule has 2 heteroatoms. The Bertz CT molecular complexity index is 966. The van der Waals surface area contributed by atoms with Crippen molar-refractivity contribution in [2.75, 3.05) is 0 Å². The number of hydrogen-bond donors (Lipinski definition) is 0. The van der Waals surface area contributed by atoms with Crippen molar-refractivity contribution in [2.24, 2.45) is 0 Å². The second-order valence-corrected chi connectivity index (χ2v) is 5.79. The van der Waals surface area contributed by atoms with Gasteiger partial charge in [0.05, 0.1) is 0 Å². The molecule has 0 saturated carbocycles. The van der Waals surface area contributed by atoms with Crippen LogP contribution in [0.3, 0.4) is 0 Å². The highest BCUT2D eigenvalue weighted by Crippen LogP contribution is 2.45. The number of aryl methyl sites for hydroxylation is 1. The molecule has 4 rings (SSSR count). The van der Waals surface area contributed by atoms with Crippen molar-refractivity contribution in [3.8, 4) is 33.6 Å². The standard InChI is InChI=1S/C22H16O2/c1-15-20(16-8-4-2-5-9-16)19-13-12-18(14-23)21(19)22(24-15)17-10-6-3-7-11-17/h2-14H,1H3. The zero-order chi connectivity index (χ0) is 16.5. The molecule has 0 fully saturated rings. The highest BCUT2D eigenvalue weighted by atomic mass is 16.3. The van der Waals surface area contributed by atoms with Gasteiger partial charge in [-0.1, -0.05) is 72.8 Å². The van der Waals surface area contributed by atoms with Gasteiger partial charge in [0.25, 0.3) is 0 Å². The lowest BCUT2D eigenvalue weighted by Crippen LogP contribution is -1.94. The number of benzene rings is 2. The van der Waals surface area contributed by atoms with Gasteiger partial charge >= 0.3 is 0 Å². The maximum Gasteiger partial charge on any atom is 0.150 e. The van der Waals surface area contributed by atoms with Crippen LogP contribution in [-0.4, -0.2) is 6.29 Å². The summed E-state index contributed by atoms with van der Waals surface area (Å²) in [5, 5.41) is 0. The molecule has 0 N–H and O–H groups in total. The Balaban J connectivity index is 2.06. The Morgan fingerprint density at radius 1 is 0.750 bits per heavy atom. The Morgan fingerprint density at radius 3 is 2.00 bits per heavy atom. The average molecular weight is 312 g/mol. The molecule has 116 valence electrons. The monoisotopic (exact) mass is 312 g/mol. The fraction of sp³-hybridized carbons (Fsp3) is 0.0455. The van der Waals surface area contributed by atoms with Crippen molar-refractivity contribution in [1.29, 1.82) is 0 Å². The van der Waals surface area contributed by atoms with Crippen LogP contribution in [0.25, 0.3) is 33.6 Å². The zero-order valence-corrected chi connectivity index (χ0v) is 13.3. The highest BCUT2D eigenvalue weighted by Gasteiger charge is 2.23. The lowest BCUT2D eigenvalue weighted by molar-refractivity contribution is 0.112. The van der Waals surface area contributed by atoms with Crippen LogP contribution in [0.4, 0.5) is 0 Å². The number of rotatable bonds is 3. The predicted molar refractivity (Wildman–Crippen MR) is 96.3 cm³/mol. The Morgan fingerprint density at radius 2 is 1.38 bits per heavy atom. The third-order valence-corrected chi connectivity index (χ3v) is 4.32. The summed E-state index contributed by atoms with van der Waals surface area (Å²) in [6.07, 6.45) is 0.897. The van der Waals surface area contributed by atoms with Crippen LogP contribution in [0.15, 0.2) is 77.2 Å². The van der Waals surface area contributed by atoms with Gasteiger partial charge in [0.2, 0.25) is 0 Å². The molecule has 2 aromatic rings. The molecule has 0 aromatic heterocycles. The molecular weight excluding hydrogens is 296 g/mol. The molecule has 24 heavy (non-hydrogen) atoms. The number of aldehydes is 1. The second-order valence-electron chi connectivity index (χ2n) is 5.79. The highest BCUT2D eigenvalue weighted by molar-refractivity contribution is 6.01. The quantitative estimate of drug-likeness (QED) is 0.445. The van der Waals surface area contributed by atoms with E-state index in [1.807, 2.05) is 67.6 Å². The van der Waals surface area contributed by atoms with E-state index in [2.05, 4.69) is 12.1 Å². The molecule has 1 aliphatic carbocycles. The molecule has 2 aromatic carbocycles. The summed E-state index contributed by atoms with van der Waals surface area (Å²) in [6.45, 7) is 1.97. The minimum atomic E-state index is 0.657. The van der Waals surface area contributed by atoms with E-state index >= 15 is 0 Å². The van der Waals surface area contributed by atoms with Crippen molar-refractivity contribution in [1.82, 2.24) is 0 Å². The van der Waals surface area contributed by atoms with Crippen LogP contribution in [-0.2, 0) is 0 Å². The number of fused-ring (bicyclic) bond motifs is 1. The first kappa shape index (κ1) is 14.5. The van der Waals surface area contributed by atoms with E-state index in [0.717, 1.165) is 45.6 Å². The van der Waals surface area contributed by atoms with Crippen molar-refractivity contribution >= 4 is 6.29 Å². The lowest BCUT2D eigenvalue weighted by atomic mass is 9.92. The molecule has 0 amide bonds. The summed E-state index contributed by atoms with van der Waals surface area (Å²) in [6, 6.07) is 23.9. The van der Waals surface area contributed by atoms with Gasteiger partial charge in [-0.15, -0.1) is 0 Å². The van der Waals surface area contributed by atoms with E-state index in [9.17, 15) is 4.79 Å². The molecule has 0 radical (unpaired) electrons. The maximum atomic E-state index is 11.6. The van der Waals surface area contributed by atoms with Crippen LogP contribution in [0.1, 0.15) is 16.1 Å². The largest absolute Gasteiger partial charge is 0.460 e. The zero-order valence-electron chi connectivity index (χ0n) is 13.3. The fourth-order valence-electron chi connectivity index (χ4n) is 3.26. The first-order chi connectivity index (χ1) is 11.8. The van der Waals surface area contributed by atoms with Gasteiger partial charge in [-0.2, -0.15) is 0 Å². The van der Waals surface area contributed by atoms with Gasteiger partial charge in [-0.3, -0.25) is 4.79 Å². The van der Waals surface area contributed by atoms with Gasteiger partial charge in [-0.05, 0) is 18.1 Å². The summed E-state index contributed by atoms with van der Waals surface area (Å²) >= 11 is 0. The topological polar surface area (TPSA) is 30.2 Å². The van der Waals surface area contributed by atoms with Gasteiger partial charge < -0.3 is 4.42 Å². The number of hydrogen-bond acceptors (Lipinski definition) is 2. The minimum absolute atomic E-state index is 0.657. The van der Waals surface area contributed by atoms with Gasteiger partial charge in [0, 0.05) is 22.3 Å². The van der Waals surface area contributed by atoms with Crippen LogP contribution in [0.2, 0.25) is 0 Å². The van der Waals surface area contributed by atoms with Crippen LogP contribution < -0.4 is 0 Å². The van der Waals surface area contributed by atoms with Crippen molar-refractivity contribution in [2.45, 2.75) is 6.92 Å². The number of carbonyl (C=O) groups is 1. The summed E-state index contributed by atoms with van der Waals surface area (Å²) in [7, 11) is 0. The normalized spacial score (nSPS) is 10.9. The smallest absolute Gasteiger partial charge is 0.150 e. The maximum absolute atomic E-state index is 11.6. The third kappa shape index (κ3) is 2.24. The Kier molecular flexibility index (Phi) is 3.51. The molecular formula is C22H16O2. The molecule has 0 bridgehead atoms. The van der Waals surface area contributed by atoms with E-state index in [4.69, 9.17) is 4.42 Å². The molecule has 0 spiro atoms. The summed E-state index contributed by atoms with van der Waals surface area (Å²) in [5.74, 6) is 1.59. The number of carbonyl (C=O) groups excluding carboxylic acids is 1. The van der Waals surface area contributed by atoms with E-state index in [1.165, 1.54) is 0 Å². The van der Waals surface area contributed by atoms with Crippen molar-refractivity contribution in [3.05, 3.63) is 84.1 Å². The van der Waals surface area contributed by atoms with Gasteiger partial charge in [-0.25, -0.2) is 0 Å². The first-order valence-corrected chi connectivity index (χ1v) is 7.91. The molecule has 1 heterocycles. The van der Waals surface area contributed by atoms with Crippen LogP contribution in [0.5, 0.6) is 0 Å². The SMILES string of the molecule is Cc1oc(-c2ccccc2)c2c(C=O)ccc-2c1-c1ccccc1. The summed E-state index contributed by atoms with van der Waals surface area (Å²) in [4.78, 5) is 11.6. The van der Waals surface area contributed by atoms with E-state index in [0.29, 0.717) is 5.56 Å². The summed E-state index contributed by atoms with van der Waals surface area (Å²) in [5.41, 5.74) is 5.68. The Hall–Kier alpha value is -3.13. The minimum Gasteiger partial charge on any atom is -0.460 e. The Labute approximate surface area is 140 Å². The van der Waals surface area contributed by atoms with E-state index < -0.39 is 0 Å². The van der Waals surface area contributed by atoms with Crippen LogP contribution in [0, 0.1) is 6.92 Å². The molecule has 1 aliphatic heterocycles.